The fourth-order valence-electron chi connectivity index (χ4n) is 2.34. The molecule has 0 heterocycles. The fraction of sp³-hybridized carbons (Fsp3) is 0.647. The van der Waals surface area contributed by atoms with E-state index in [2.05, 4.69) is 6.92 Å². The summed E-state index contributed by atoms with van der Waals surface area (Å²) < 4.78 is 37.1. The van der Waals surface area contributed by atoms with Crippen LogP contribution < -0.4 is 0 Å². The van der Waals surface area contributed by atoms with Gasteiger partial charge in [-0.3, -0.25) is 8.77 Å². The molecule has 0 N–H and O–H groups in total. The molecule has 0 saturated heterocycles. The van der Waals surface area contributed by atoms with Crippen molar-refractivity contribution in [1.29, 1.82) is 0 Å². The molecule has 1 rings (SSSR count). The van der Waals surface area contributed by atoms with Gasteiger partial charge in [-0.1, -0.05) is 43.9 Å². The Kier molecular flexibility index (Phi) is 9.30. The molecule has 0 amide bonds. The summed E-state index contributed by atoms with van der Waals surface area (Å²) in [6.07, 6.45) is 3.51. The Morgan fingerprint density at radius 1 is 1.04 bits per heavy atom. The van der Waals surface area contributed by atoms with Crippen LogP contribution in [0.5, 0.6) is 0 Å². The molecule has 1 aromatic carbocycles. The molecule has 0 aromatic heterocycles. The molecule has 1 aromatic rings. The Morgan fingerprint density at radius 2 is 1.61 bits per heavy atom. The summed E-state index contributed by atoms with van der Waals surface area (Å²) >= 11 is 0. The van der Waals surface area contributed by atoms with Gasteiger partial charge in [0, 0.05) is 4.90 Å². The third kappa shape index (κ3) is 6.15. The van der Waals surface area contributed by atoms with Crippen LogP contribution in [0.25, 0.3) is 0 Å². The Hall–Kier alpha value is -0.480. The molecule has 0 spiro atoms. The first-order valence-corrected chi connectivity index (χ1v) is 11.2. The van der Waals surface area contributed by atoms with Gasteiger partial charge in [0.15, 0.2) is 0 Å². The second kappa shape index (κ2) is 10.4. The van der Waals surface area contributed by atoms with Gasteiger partial charge in [-0.25, -0.2) is 0 Å². The Bertz CT molecular complexity index is 520. The van der Waals surface area contributed by atoms with E-state index >= 15 is 0 Å². The van der Waals surface area contributed by atoms with Gasteiger partial charge in [0.25, 0.3) is 0 Å². The minimum atomic E-state index is -3.40. The highest BCUT2D eigenvalue weighted by atomic mass is 32.2. The van der Waals surface area contributed by atoms with Gasteiger partial charge in [-0.05, 0) is 39.3 Å². The lowest BCUT2D eigenvalue weighted by Gasteiger charge is -2.26. The summed E-state index contributed by atoms with van der Waals surface area (Å²) in [5.41, 5.74) is 1.10. The Labute approximate surface area is 143 Å². The molecule has 0 aliphatic rings. The molecular weight excluding hydrogens is 331 g/mol. The molecule has 4 nitrogen and oxygen atoms in total. The van der Waals surface area contributed by atoms with Crippen LogP contribution in [0.2, 0.25) is 0 Å². The van der Waals surface area contributed by atoms with Crippen LogP contribution in [0.15, 0.2) is 29.2 Å². The second-order valence-electron chi connectivity index (χ2n) is 5.44. The summed E-state index contributed by atoms with van der Waals surface area (Å²) in [4.78, 5) is 0.0633. The second-order valence-corrected chi connectivity index (χ2v) is 9.64. The van der Waals surface area contributed by atoms with E-state index in [0.717, 1.165) is 24.8 Å². The first-order chi connectivity index (χ1) is 11.0. The maximum Gasteiger partial charge on any atom is 0.346 e. The lowest BCUT2D eigenvalue weighted by molar-refractivity contribution is 0.216. The van der Waals surface area contributed by atoms with Crippen molar-refractivity contribution in [3.05, 3.63) is 29.8 Å². The predicted molar refractivity (Wildman–Crippen MR) is 96.4 cm³/mol. The SMILES string of the molecule is CCCCCC([S@@](=O)c1ccc(C)cc1)P(=O)(OCC)OCC. The van der Waals surface area contributed by atoms with Gasteiger partial charge < -0.3 is 9.05 Å². The summed E-state index contributed by atoms with van der Waals surface area (Å²) in [6, 6.07) is 7.51. The van der Waals surface area contributed by atoms with Crippen LogP contribution in [0.4, 0.5) is 0 Å². The summed E-state index contributed by atoms with van der Waals surface area (Å²) in [5.74, 6) is 0. The van der Waals surface area contributed by atoms with E-state index in [1.165, 1.54) is 0 Å². The van der Waals surface area contributed by atoms with E-state index in [9.17, 15) is 8.77 Å². The van der Waals surface area contributed by atoms with Crippen LogP contribution in [0.3, 0.4) is 0 Å². The Balaban J connectivity index is 3.08. The van der Waals surface area contributed by atoms with Gasteiger partial charge in [0.05, 0.1) is 24.0 Å². The molecule has 6 heteroatoms. The van der Waals surface area contributed by atoms with E-state index < -0.39 is 23.4 Å². The van der Waals surface area contributed by atoms with Crippen molar-refractivity contribution in [2.75, 3.05) is 13.2 Å². The molecule has 0 bridgehead atoms. The third-order valence-electron chi connectivity index (χ3n) is 3.53. The quantitative estimate of drug-likeness (QED) is 0.398. The van der Waals surface area contributed by atoms with E-state index in [1.54, 1.807) is 13.8 Å². The molecule has 0 radical (unpaired) electrons. The summed E-state index contributed by atoms with van der Waals surface area (Å²) in [6.45, 7) is 8.22. The topological polar surface area (TPSA) is 52.6 Å². The molecular formula is C17H29O4PS. The molecule has 132 valence electrons. The summed E-state index contributed by atoms with van der Waals surface area (Å²) in [7, 11) is -4.82. The van der Waals surface area contributed by atoms with Crippen molar-refractivity contribution in [1.82, 2.24) is 0 Å². The first kappa shape index (κ1) is 20.6. The zero-order valence-electron chi connectivity index (χ0n) is 14.6. The number of unbranched alkanes of at least 4 members (excludes halogenated alkanes) is 2. The number of benzene rings is 1. The van der Waals surface area contributed by atoms with Crippen LogP contribution in [-0.4, -0.2) is 22.4 Å². The summed E-state index contributed by atoms with van der Waals surface area (Å²) in [5, 5.41) is 0. The molecule has 0 aliphatic carbocycles. The molecule has 2 atom stereocenters. The zero-order valence-corrected chi connectivity index (χ0v) is 16.3. The van der Waals surface area contributed by atoms with Gasteiger partial charge in [-0.2, -0.15) is 0 Å². The minimum Gasteiger partial charge on any atom is -0.308 e. The van der Waals surface area contributed by atoms with Gasteiger partial charge in [0.1, 0.15) is 4.99 Å². The maximum atomic E-state index is 13.2. The molecule has 0 aliphatic heterocycles. The van der Waals surface area contributed by atoms with Gasteiger partial charge >= 0.3 is 7.60 Å². The normalized spacial score (nSPS) is 14.6. The largest absolute Gasteiger partial charge is 0.346 e. The van der Waals surface area contributed by atoms with Crippen LogP contribution in [-0.2, 0) is 24.4 Å². The van der Waals surface area contributed by atoms with E-state index in [-0.39, 0.29) is 13.2 Å². The number of rotatable bonds is 11. The van der Waals surface area contributed by atoms with Crippen molar-refractivity contribution in [2.24, 2.45) is 0 Å². The molecule has 0 saturated carbocycles. The van der Waals surface area contributed by atoms with Gasteiger partial charge in [0.2, 0.25) is 0 Å². The monoisotopic (exact) mass is 360 g/mol. The number of hydrogen-bond acceptors (Lipinski definition) is 4. The van der Waals surface area contributed by atoms with E-state index in [4.69, 9.17) is 9.05 Å². The van der Waals surface area contributed by atoms with Crippen molar-refractivity contribution in [3.63, 3.8) is 0 Å². The first-order valence-electron chi connectivity index (χ1n) is 8.34. The fourth-order valence-corrected chi connectivity index (χ4v) is 6.74. The highest BCUT2D eigenvalue weighted by molar-refractivity contribution is 7.93. The average Bonchev–Trinajstić information content (AvgIpc) is 2.52. The highest BCUT2D eigenvalue weighted by Crippen LogP contribution is 2.56. The van der Waals surface area contributed by atoms with Crippen LogP contribution >= 0.6 is 7.60 Å². The van der Waals surface area contributed by atoms with E-state index in [1.807, 2.05) is 31.2 Å². The lowest BCUT2D eigenvalue weighted by atomic mass is 10.2. The standard InChI is InChI=1S/C17H29O4PS/c1-5-8-9-10-17(22(18,20-6-2)21-7-3)23(19)16-13-11-15(4)12-14-16/h11-14,17H,5-10H2,1-4H3/t17?,23-/m0/s1. The smallest absolute Gasteiger partial charge is 0.308 e. The highest BCUT2D eigenvalue weighted by Gasteiger charge is 2.40. The van der Waals surface area contributed by atoms with Crippen molar-refractivity contribution in [3.8, 4) is 0 Å². The number of aryl methyl sites for hydroxylation is 1. The number of hydrogen-bond donors (Lipinski definition) is 0. The molecule has 23 heavy (non-hydrogen) atoms. The van der Waals surface area contributed by atoms with Crippen molar-refractivity contribution < 1.29 is 17.8 Å². The lowest BCUT2D eigenvalue weighted by Crippen LogP contribution is -2.19. The maximum absolute atomic E-state index is 13.2. The van der Waals surface area contributed by atoms with Crippen molar-refractivity contribution >= 4 is 18.4 Å². The van der Waals surface area contributed by atoms with Crippen LogP contribution in [0.1, 0.15) is 52.0 Å². The third-order valence-corrected chi connectivity index (χ3v) is 8.54. The minimum absolute atomic E-state index is 0.284. The molecule has 0 fully saturated rings. The van der Waals surface area contributed by atoms with Crippen molar-refractivity contribution in [2.45, 2.75) is 63.3 Å². The predicted octanol–water partition coefficient (Wildman–Crippen LogP) is 5.28. The van der Waals surface area contributed by atoms with Gasteiger partial charge in [-0.15, -0.1) is 0 Å². The Morgan fingerprint density at radius 3 is 2.09 bits per heavy atom. The van der Waals surface area contributed by atoms with E-state index in [0.29, 0.717) is 11.3 Å². The average molecular weight is 360 g/mol. The zero-order chi connectivity index (χ0) is 17.3. The molecule has 1 unspecified atom stereocenters. The van der Waals surface area contributed by atoms with Crippen LogP contribution in [0, 0.1) is 6.92 Å².